The van der Waals surface area contributed by atoms with E-state index >= 15 is 0 Å². The SMILES string of the molecule is CC1C=C(C(C)(C)C)C=CN1C. The first-order valence-electron chi connectivity index (χ1n) is 4.53. The number of rotatable bonds is 0. The molecule has 0 saturated carbocycles. The molecule has 0 aromatic carbocycles. The highest BCUT2D eigenvalue weighted by molar-refractivity contribution is 5.29. The van der Waals surface area contributed by atoms with E-state index in [9.17, 15) is 0 Å². The van der Waals surface area contributed by atoms with Gasteiger partial charge in [-0.15, -0.1) is 0 Å². The molecule has 1 heterocycles. The van der Waals surface area contributed by atoms with E-state index in [1.165, 1.54) is 5.57 Å². The third-order valence-corrected chi connectivity index (χ3v) is 2.42. The van der Waals surface area contributed by atoms with Crippen molar-refractivity contribution in [2.24, 2.45) is 5.41 Å². The molecule has 1 aliphatic heterocycles. The van der Waals surface area contributed by atoms with Crippen molar-refractivity contribution >= 4 is 0 Å². The minimum absolute atomic E-state index is 0.284. The maximum absolute atomic E-state index is 2.33. The molecular formula is C11H19N. The summed E-state index contributed by atoms with van der Waals surface area (Å²) in [5.74, 6) is 0. The van der Waals surface area contributed by atoms with Crippen molar-refractivity contribution in [3.8, 4) is 0 Å². The molecule has 0 N–H and O–H groups in total. The second kappa shape index (κ2) is 2.96. The second-order valence-corrected chi connectivity index (χ2v) is 4.59. The quantitative estimate of drug-likeness (QED) is 0.533. The Hall–Kier alpha value is -0.720. The molecule has 0 fully saturated rings. The predicted octanol–water partition coefficient (Wildman–Crippen LogP) is 2.81. The van der Waals surface area contributed by atoms with Crippen LogP contribution in [0.1, 0.15) is 27.7 Å². The lowest BCUT2D eigenvalue weighted by molar-refractivity contribution is 0.387. The zero-order valence-electron chi connectivity index (χ0n) is 8.76. The molecule has 0 spiro atoms. The smallest absolute Gasteiger partial charge is 0.0441 e. The minimum atomic E-state index is 0.284. The molecule has 0 aromatic heterocycles. The summed E-state index contributed by atoms with van der Waals surface area (Å²) < 4.78 is 0. The lowest BCUT2D eigenvalue weighted by atomic mass is 9.84. The van der Waals surface area contributed by atoms with Crippen molar-refractivity contribution in [3.05, 3.63) is 23.9 Å². The van der Waals surface area contributed by atoms with Crippen LogP contribution >= 0.6 is 0 Å². The zero-order chi connectivity index (χ0) is 9.35. The van der Waals surface area contributed by atoms with Crippen LogP contribution in [-0.2, 0) is 0 Å². The van der Waals surface area contributed by atoms with Crippen molar-refractivity contribution in [1.82, 2.24) is 4.90 Å². The maximum atomic E-state index is 2.33. The molecule has 0 aliphatic carbocycles. The highest BCUT2D eigenvalue weighted by Gasteiger charge is 2.18. The van der Waals surface area contributed by atoms with Gasteiger partial charge in [0.1, 0.15) is 0 Å². The molecule has 12 heavy (non-hydrogen) atoms. The fraction of sp³-hybridized carbons (Fsp3) is 0.636. The number of nitrogens with zero attached hydrogens (tertiary/aromatic N) is 1. The Morgan fingerprint density at radius 3 is 2.33 bits per heavy atom. The fourth-order valence-electron chi connectivity index (χ4n) is 1.27. The molecule has 0 bridgehead atoms. The van der Waals surface area contributed by atoms with Gasteiger partial charge in [-0.3, -0.25) is 0 Å². The summed E-state index contributed by atoms with van der Waals surface area (Å²) in [7, 11) is 2.11. The topological polar surface area (TPSA) is 3.24 Å². The molecule has 68 valence electrons. The van der Waals surface area contributed by atoms with Crippen LogP contribution in [0.15, 0.2) is 23.9 Å². The Morgan fingerprint density at radius 1 is 1.33 bits per heavy atom. The van der Waals surface area contributed by atoms with Crippen LogP contribution in [0.2, 0.25) is 0 Å². The number of hydrogen-bond donors (Lipinski definition) is 0. The summed E-state index contributed by atoms with van der Waals surface area (Å²) >= 11 is 0. The summed E-state index contributed by atoms with van der Waals surface area (Å²) in [4.78, 5) is 2.22. The average Bonchev–Trinajstić information content (AvgIpc) is 1.92. The first kappa shape index (κ1) is 9.37. The molecule has 1 heteroatoms. The van der Waals surface area contributed by atoms with E-state index in [0.717, 1.165) is 0 Å². The maximum Gasteiger partial charge on any atom is 0.0441 e. The summed E-state index contributed by atoms with van der Waals surface area (Å²) in [6.45, 7) is 8.97. The molecule has 0 radical (unpaired) electrons. The predicted molar refractivity (Wildman–Crippen MR) is 53.9 cm³/mol. The van der Waals surface area contributed by atoms with Crippen molar-refractivity contribution in [1.29, 1.82) is 0 Å². The van der Waals surface area contributed by atoms with Crippen LogP contribution in [-0.4, -0.2) is 18.0 Å². The lowest BCUT2D eigenvalue weighted by Gasteiger charge is -2.30. The molecular weight excluding hydrogens is 146 g/mol. The van der Waals surface area contributed by atoms with Crippen molar-refractivity contribution in [2.45, 2.75) is 33.7 Å². The Labute approximate surface area is 75.8 Å². The highest BCUT2D eigenvalue weighted by atomic mass is 15.1. The van der Waals surface area contributed by atoms with Gasteiger partial charge in [-0.2, -0.15) is 0 Å². The van der Waals surface area contributed by atoms with Crippen LogP contribution in [0.25, 0.3) is 0 Å². The van der Waals surface area contributed by atoms with Gasteiger partial charge < -0.3 is 4.90 Å². The van der Waals surface area contributed by atoms with Crippen LogP contribution in [0.4, 0.5) is 0 Å². The Kier molecular flexibility index (Phi) is 2.31. The Bertz CT molecular complexity index is 218. The van der Waals surface area contributed by atoms with Crippen LogP contribution in [0.5, 0.6) is 0 Å². The van der Waals surface area contributed by atoms with E-state index < -0.39 is 0 Å². The molecule has 0 saturated heterocycles. The zero-order valence-corrected chi connectivity index (χ0v) is 8.76. The van der Waals surface area contributed by atoms with Crippen LogP contribution < -0.4 is 0 Å². The number of allylic oxidation sites excluding steroid dienone is 2. The number of hydrogen-bond acceptors (Lipinski definition) is 1. The molecule has 0 amide bonds. The van der Waals surface area contributed by atoms with E-state index in [0.29, 0.717) is 6.04 Å². The van der Waals surface area contributed by atoms with Gasteiger partial charge in [0.15, 0.2) is 0 Å². The van der Waals surface area contributed by atoms with E-state index in [1.54, 1.807) is 0 Å². The number of likely N-dealkylation sites (N-methyl/N-ethyl adjacent to an activating group) is 1. The summed E-state index contributed by atoms with van der Waals surface area (Å²) in [6.07, 6.45) is 6.70. The highest BCUT2D eigenvalue weighted by Crippen LogP contribution is 2.29. The van der Waals surface area contributed by atoms with E-state index in [2.05, 4.69) is 58.0 Å². The Balaban J connectivity index is 2.84. The van der Waals surface area contributed by atoms with Crippen molar-refractivity contribution < 1.29 is 0 Å². The fourth-order valence-corrected chi connectivity index (χ4v) is 1.27. The summed E-state index contributed by atoms with van der Waals surface area (Å²) in [5, 5.41) is 0. The average molecular weight is 165 g/mol. The van der Waals surface area contributed by atoms with Gasteiger partial charge in [0.25, 0.3) is 0 Å². The molecule has 0 aromatic rings. The standard InChI is InChI=1S/C11H19N/c1-9-8-10(11(2,3)4)6-7-12(9)5/h6-9H,1-5H3. The Morgan fingerprint density at radius 2 is 1.92 bits per heavy atom. The molecule has 1 rings (SSSR count). The van der Waals surface area contributed by atoms with Crippen LogP contribution in [0, 0.1) is 5.41 Å². The van der Waals surface area contributed by atoms with Gasteiger partial charge in [0.2, 0.25) is 0 Å². The van der Waals surface area contributed by atoms with Gasteiger partial charge in [-0.25, -0.2) is 0 Å². The second-order valence-electron chi connectivity index (χ2n) is 4.59. The third kappa shape index (κ3) is 1.90. The largest absolute Gasteiger partial charge is 0.374 e. The van der Waals surface area contributed by atoms with Gasteiger partial charge in [0, 0.05) is 13.1 Å². The van der Waals surface area contributed by atoms with Crippen LogP contribution in [0.3, 0.4) is 0 Å². The molecule has 1 unspecified atom stereocenters. The van der Waals surface area contributed by atoms with Crippen molar-refractivity contribution in [2.75, 3.05) is 7.05 Å². The summed E-state index contributed by atoms with van der Waals surface area (Å²) in [6, 6.07) is 0.532. The van der Waals surface area contributed by atoms with Gasteiger partial charge in [-0.1, -0.05) is 26.8 Å². The van der Waals surface area contributed by atoms with Gasteiger partial charge in [-0.05, 0) is 30.2 Å². The van der Waals surface area contributed by atoms with E-state index in [-0.39, 0.29) is 5.41 Å². The summed E-state index contributed by atoms with van der Waals surface area (Å²) in [5.41, 5.74) is 1.72. The molecule has 1 nitrogen and oxygen atoms in total. The lowest BCUT2D eigenvalue weighted by Crippen LogP contribution is -2.26. The normalized spacial score (nSPS) is 24.2. The first-order chi connectivity index (χ1) is 5.41. The van der Waals surface area contributed by atoms with E-state index in [1.807, 2.05) is 0 Å². The molecule has 1 aliphatic rings. The van der Waals surface area contributed by atoms with E-state index in [4.69, 9.17) is 0 Å². The van der Waals surface area contributed by atoms with Crippen molar-refractivity contribution in [3.63, 3.8) is 0 Å². The van der Waals surface area contributed by atoms with Gasteiger partial charge in [0.05, 0.1) is 0 Å². The van der Waals surface area contributed by atoms with Gasteiger partial charge >= 0.3 is 0 Å². The minimum Gasteiger partial charge on any atom is -0.374 e. The molecule has 1 atom stereocenters. The third-order valence-electron chi connectivity index (χ3n) is 2.42. The first-order valence-corrected chi connectivity index (χ1v) is 4.53. The monoisotopic (exact) mass is 165 g/mol.